The van der Waals surface area contributed by atoms with Crippen LogP contribution in [0, 0.1) is 0 Å². The summed E-state index contributed by atoms with van der Waals surface area (Å²) >= 11 is 0. The van der Waals surface area contributed by atoms with Gasteiger partial charge in [0.2, 0.25) is 0 Å². The van der Waals surface area contributed by atoms with E-state index in [1.807, 2.05) is 30.5 Å². The molecule has 3 N–H and O–H groups in total. The first kappa shape index (κ1) is 16.4. The van der Waals surface area contributed by atoms with Crippen molar-refractivity contribution in [2.75, 3.05) is 13.1 Å². The number of amides is 2. The van der Waals surface area contributed by atoms with Crippen molar-refractivity contribution in [2.45, 2.75) is 38.1 Å². The molecule has 1 atom stereocenters. The van der Waals surface area contributed by atoms with Gasteiger partial charge in [-0.15, -0.1) is 0 Å². The topological polar surface area (TPSA) is 85.4 Å². The maximum atomic E-state index is 12.4. The maximum absolute atomic E-state index is 12.4. The lowest BCUT2D eigenvalue weighted by Gasteiger charge is -2.23. The number of aromatic amines is 1. The predicted molar refractivity (Wildman–Crippen MR) is 92.0 cm³/mol. The summed E-state index contributed by atoms with van der Waals surface area (Å²) in [4.78, 5) is 28.9. The van der Waals surface area contributed by atoms with Gasteiger partial charge in [0, 0.05) is 36.6 Å². The standard InChI is InChI=1S/C18H23N3O3/c22-17(23)16(20-18(24)21-9-5-1-2-6-10-21)11-13-12-19-15-8-4-3-7-14(13)15/h3-4,7-8,12,16,19H,1-2,5-6,9-11H2,(H,20,24)(H,22,23). The molecule has 1 aromatic heterocycles. The molecule has 0 radical (unpaired) electrons. The number of carbonyl (C=O) groups is 2. The van der Waals surface area contributed by atoms with Crippen LogP contribution in [0.3, 0.4) is 0 Å². The van der Waals surface area contributed by atoms with E-state index in [-0.39, 0.29) is 12.5 Å². The number of para-hydroxylation sites is 1. The zero-order valence-electron chi connectivity index (χ0n) is 13.6. The number of likely N-dealkylation sites (tertiary alicyclic amines) is 1. The number of fused-ring (bicyclic) bond motifs is 1. The number of hydrogen-bond acceptors (Lipinski definition) is 2. The second-order valence-corrected chi connectivity index (χ2v) is 6.31. The highest BCUT2D eigenvalue weighted by Gasteiger charge is 2.24. The van der Waals surface area contributed by atoms with Crippen molar-refractivity contribution in [3.8, 4) is 0 Å². The molecule has 6 nitrogen and oxygen atoms in total. The molecule has 0 spiro atoms. The van der Waals surface area contributed by atoms with Gasteiger partial charge < -0.3 is 20.3 Å². The molecule has 0 saturated carbocycles. The first-order chi connectivity index (χ1) is 11.6. The average molecular weight is 329 g/mol. The van der Waals surface area contributed by atoms with Crippen molar-refractivity contribution >= 4 is 22.9 Å². The number of nitrogens with one attached hydrogen (secondary N) is 2. The molecule has 1 unspecified atom stereocenters. The van der Waals surface area contributed by atoms with Crippen LogP contribution in [-0.4, -0.2) is 46.1 Å². The minimum Gasteiger partial charge on any atom is -0.480 e. The molecule has 3 rings (SSSR count). The SMILES string of the molecule is O=C(O)C(Cc1c[nH]c2ccccc12)NC(=O)N1CCCCCC1. The van der Waals surface area contributed by atoms with Gasteiger partial charge in [0.1, 0.15) is 6.04 Å². The number of H-pyrrole nitrogens is 1. The third-order valence-corrected chi connectivity index (χ3v) is 4.59. The first-order valence-electron chi connectivity index (χ1n) is 8.48. The number of benzene rings is 1. The van der Waals surface area contributed by atoms with Crippen molar-refractivity contribution in [2.24, 2.45) is 0 Å². The van der Waals surface area contributed by atoms with E-state index in [2.05, 4.69) is 10.3 Å². The fourth-order valence-electron chi connectivity index (χ4n) is 3.23. The van der Waals surface area contributed by atoms with Crippen LogP contribution in [0.4, 0.5) is 4.79 Å². The molecule has 0 bridgehead atoms. The maximum Gasteiger partial charge on any atom is 0.326 e. The molecule has 2 heterocycles. The fraction of sp³-hybridized carbons (Fsp3) is 0.444. The van der Waals surface area contributed by atoms with Gasteiger partial charge in [-0.25, -0.2) is 9.59 Å². The second-order valence-electron chi connectivity index (χ2n) is 6.31. The quantitative estimate of drug-likeness (QED) is 0.806. The minimum absolute atomic E-state index is 0.263. The molecular formula is C18H23N3O3. The number of urea groups is 1. The molecular weight excluding hydrogens is 306 g/mol. The normalized spacial score (nSPS) is 16.6. The number of carboxylic acid groups (broad SMARTS) is 1. The first-order valence-corrected chi connectivity index (χ1v) is 8.48. The van der Waals surface area contributed by atoms with Gasteiger partial charge >= 0.3 is 12.0 Å². The van der Waals surface area contributed by atoms with Crippen LogP contribution in [-0.2, 0) is 11.2 Å². The highest BCUT2D eigenvalue weighted by atomic mass is 16.4. The Kier molecular flexibility index (Phi) is 5.03. The Balaban J connectivity index is 1.70. The van der Waals surface area contributed by atoms with Crippen LogP contribution in [0.25, 0.3) is 10.9 Å². The van der Waals surface area contributed by atoms with Gasteiger partial charge in [-0.3, -0.25) is 0 Å². The zero-order chi connectivity index (χ0) is 16.9. The molecule has 1 aliphatic heterocycles. The third-order valence-electron chi connectivity index (χ3n) is 4.59. The van der Waals surface area contributed by atoms with Crippen LogP contribution in [0.1, 0.15) is 31.2 Å². The summed E-state index contributed by atoms with van der Waals surface area (Å²) < 4.78 is 0. The van der Waals surface area contributed by atoms with Crippen LogP contribution >= 0.6 is 0 Å². The van der Waals surface area contributed by atoms with Gasteiger partial charge in [0.25, 0.3) is 0 Å². The summed E-state index contributed by atoms with van der Waals surface area (Å²) in [5.74, 6) is -1.01. The van der Waals surface area contributed by atoms with Crippen LogP contribution in [0.15, 0.2) is 30.5 Å². The molecule has 6 heteroatoms. The van der Waals surface area contributed by atoms with Crippen molar-refractivity contribution < 1.29 is 14.7 Å². The van der Waals surface area contributed by atoms with E-state index in [1.165, 1.54) is 0 Å². The average Bonchev–Trinajstić information content (AvgIpc) is 2.80. The highest BCUT2D eigenvalue weighted by molar-refractivity contribution is 5.86. The van der Waals surface area contributed by atoms with Gasteiger partial charge in [-0.2, -0.15) is 0 Å². The lowest BCUT2D eigenvalue weighted by Crippen LogP contribution is -2.49. The van der Waals surface area contributed by atoms with Gasteiger partial charge in [-0.05, 0) is 24.5 Å². The monoisotopic (exact) mass is 329 g/mol. The number of nitrogens with zero attached hydrogens (tertiary/aromatic N) is 1. The van der Waals surface area contributed by atoms with Gasteiger partial charge in [-0.1, -0.05) is 31.0 Å². The van der Waals surface area contributed by atoms with Crippen molar-refractivity contribution in [1.29, 1.82) is 0 Å². The molecule has 1 aromatic carbocycles. The highest BCUT2D eigenvalue weighted by Crippen LogP contribution is 2.19. The van der Waals surface area contributed by atoms with Crippen molar-refractivity contribution in [3.05, 3.63) is 36.0 Å². The Hall–Kier alpha value is -2.50. The number of hydrogen-bond donors (Lipinski definition) is 3. The Labute approximate surface area is 140 Å². The van der Waals surface area contributed by atoms with Crippen LogP contribution in [0.2, 0.25) is 0 Å². The molecule has 24 heavy (non-hydrogen) atoms. The Bertz CT molecular complexity index is 717. The van der Waals surface area contributed by atoms with Crippen molar-refractivity contribution in [1.82, 2.24) is 15.2 Å². The predicted octanol–water partition coefficient (Wildman–Crippen LogP) is 2.75. The summed E-state index contributed by atoms with van der Waals surface area (Å²) in [6, 6.07) is 6.55. The van der Waals surface area contributed by atoms with E-state index >= 15 is 0 Å². The van der Waals surface area contributed by atoms with Crippen LogP contribution < -0.4 is 5.32 Å². The molecule has 128 valence electrons. The molecule has 1 aliphatic rings. The molecule has 1 fully saturated rings. The number of aromatic nitrogens is 1. The molecule has 2 aromatic rings. The van der Waals surface area contributed by atoms with Gasteiger partial charge in [0.15, 0.2) is 0 Å². The number of aliphatic carboxylic acids is 1. The van der Waals surface area contributed by atoms with E-state index < -0.39 is 12.0 Å². The Morgan fingerprint density at radius 1 is 1.17 bits per heavy atom. The minimum atomic E-state index is -1.01. The van der Waals surface area contributed by atoms with E-state index in [0.29, 0.717) is 13.1 Å². The van der Waals surface area contributed by atoms with E-state index in [0.717, 1.165) is 42.1 Å². The Morgan fingerprint density at radius 2 is 1.88 bits per heavy atom. The summed E-state index contributed by atoms with van der Waals surface area (Å²) in [6.45, 7) is 1.40. The lowest BCUT2D eigenvalue weighted by atomic mass is 10.1. The smallest absolute Gasteiger partial charge is 0.326 e. The summed E-state index contributed by atoms with van der Waals surface area (Å²) in [7, 11) is 0. The molecule has 2 amide bonds. The number of carboxylic acids is 1. The summed E-state index contributed by atoms with van der Waals surface area (Å²) in [5, 5.41) is 13.2. The fourth-order valence-corrected chi connectivity index (χ4v) is 3.23. The van der Waals surface area contributed by atoms with Crippen molar-refractivity contribution in [3.63, 3.8) is 0 Å². The number of rotatable bonds is 4. The van der Waals surface area contributed by atoms with Gasteiger partial charge in [0.05, 0.1) is 0 Å². The summed E-state index contributed by atoms with van der Waals surface area (Å²) in [6.07, 6.45) is 6.29. The van der Waals surface area contributed by atoms with E-state index in [4.69, 9.17) is 0 Å². The van der Waals surface area contributed by atoms with E-state index in [1.54, 1.807) is 4.90 Å². The van der Waals surface area contributed by atoms with E-state index in [9.17, 15) is 14.7 Å². The lowest BCUT2D eigenvalue weighted by molar-refractivity contribution is -0.139. The Morgan fingerprint density at radius 3 is 2.58 bits per heavy atom. The largest absolute Gasteiger partial charge is 0.480 e. The van der Waals surface area contributed by atoms with Crippen LogP contribution in [0.5, 0.6) is 0 Å². The summed E-state index contributed by atoms with van der Waals surface area (Å²) in [5.41, 5.74) is 1.87. The second kappa shape index (κ2) is 7.38. The zero-order valence-corrected chi connectivity index (χ0v) is 13.6. The third kappa shape index (κ3) is 3.69. The number of carbonyl (C=O) groups excluding carboxylic acids is 1. The molecule has 1 saturated heterocycles. The molecule has 0 aliphatic carbocycles.